The summed E-state index contributed by atoms with van der Waals surface area (Å²) in [5.41, 5.74) is 6.40. The van der Waals surface area contributed by atoms with Crippen LogP contribution in [-0.2, 0) is 17.7 Å². The number of nitrogens with two attached hydrogens (primary N) is 1. The second-order valence-electron chi connectivity index (χ2n) is 3.61. The summed E-state index contributed by atoms with van der Waals surface area (Å²) >= 11 is 0. The maximum absolute atomic E-state index is 5.51. The van der Waals surface area contributed by atoms with Crippen LogP contribution in [0, 0.1) is 0 Å². The van der Waals surface area contributed by atoms with Gasteiger partial charge in [0.2, 0.25) is 0 Å². The molecule has 0 amide bonds. The molecule has 2 rings (SSSR count). The average molecular weight is 196 g/mol. The molecule has 5 heteroatoms. The maximum atomic E-state index is 5.51. The van der Waals surface area contributed by atoms with Crippen LogP contribution < -0.4 is 5.73 Å². The fourth-order valence-corrected chi connectivity index (χ4v) is 1.69. The fraction of sp³-hybridized carbons (Fsp3) is 0.778. The van der Waals surface area contributed by atoms with Gasteiger partial charge in [0.15, 0.2) is 0 Å². The number of ether oxygens (including phenoxy) is 1. The van der Waals surface area contributed by atoms with E-state index >= 15 is 0 Å². The molecule has 1 atom stereocenters. The fourth-order valence-electron chi connectivity index (χ4n) is 1.69. The normalized spacial score (nSPS) is 21.6. The predicted molar refractivity (Wildman–Crippen MR) is 51.8 cm³/mol. The largest absolute Gasteiger partial charge is 0.376 e. The zero-order chi connectivity index (χ0) is 9.80. The van der Waals surface area contributed by atoms with Crippen LogP contribution in [0.5, 0.6) is 0 Å². The highest BCUT2D eigenvalue weighted by Gasteiger charge is 2.16. The molecule has 5 nitrogen and oxygen atoms in total. The highest BCUT2D eigenvalue weighted by molar-refractivity contribution is 4.92. The molecular weight excluding hydrogens is 180 g/mol. The van der Waals surface area contributed by atoms with Gasteiger partial charge in [-0.25, -0.2) is 4.68 Å². The Kier molecular flexibility index (Phi) is 3.10. The minimum atomic E-state index is 0.322. The van der Waals surface area contributed by atoms with E-state index in [4.69, 9.17) is 10.5 Å². The van der Waals surface area contributed by atoms with Crippen molar-refractivity contribution in [2.24, 2.45) is 5.73 Å². The molecule has 0 radical (unpaired) electrons. The van der Waals surface area contributed by atoms with Gasteiger partial charge in [0, 0.05) is 19.2 Å². The summed E-state index contributed by atoms with van der Waals surface area (Å²) in [6.45, 7) is 2.32. The van der Waals surface area contributed by atoms with Gasteiger partial charge in [-0.05, 0) is 19.4 Å². The molecule has 0 aromatic carbocycles. The summed E-state index contributed by atoms with van der Waals surface area (Å²) < 4.78 is 7.36. The molecule has 0 aliphatic carbocycles. The Labute approximate surface area is 83.2 Å². The third kappa shape index (κ3) is 2.30. The molecule has 0 saturated carbocycles. The van der Waals surface area contributed by atoms with Gasteiger partial charge in [0.1, 0.15) is 0 Å². The quantitative estimate of drug-likeness (QED) is 0.733. The van der Waals surface area contributed by atoms with Crippen molar-refractivity contribution in [1.82, 2.24) is 15.0 Å². The lowest BCUT2D eigenvalue weighted by Crippen LogP contribution is -2.15. The van der Waals surface area contributed by atoms with Crippen molar-refractivity contribution in [3.63, 3.8) is 0 Å². The summed E-state index contributed by atoms with van der Waals surface area (Å²) in [7, 11) is 0. The molecule has 1 aliphatic heterocycles. The summed E-state index contributed by atoms with van der Waals surface area (Å²) in [5.74, 6) is 0. The Hall–Kier alpha value is -0.940. The molecule has 1 aromatic heterocycles. The van der Waals surface area contributed by atoms with Crippen LogP contribution in [-0.4, -0.2) is 34.2 Å². The van der Waals surface area contributed by atoms with E-state index in [-0.39, 0.29) is 0 Å². The summed E-state index contributed by atoms with van der Waals surface area (Å²) in [6.07, 6.45) is 5.36. The van der Waals surface area contributed by atoms with Crippen molar-refractivity contribution in [2.75, 3.05) is 13.2 Å². The van der Waals surface area contributed by atoms with Crippen molar-refractivity contribution >= 4 is 0 Å². The third-order valence-electron chi connectivity index (χ3n) is 2.40. The molecule has 1 saturated heterocycles. The number of nitrogens with zero attached hydrogens (tertiary/aromatic N) is 3. The van der Waals surface area contributed by atoms with E-state index in [1.807, 2.05) is 10.9 Å². The van der Waals surface area contributed by atoms with E-state index < -0.39 is 0 Å². The first-order valence-electron chi connectivity index (χ1n) is 5.09. The minimum Gasteiger partial charge on any atom is -0.376 e. The molecule has 2 heterocycles. The Morgan fingerprint density at radius 2 is 2.57 bits per heavy atom. The SMILES string of the molecule is NCCc1cn(CC2CCCO2)nn1. The van der Waals surface area contributed by atoms with Crippen molar-refractivity contribution in [1.29, 1.82) is 0 Å². The lowest BCUT2D eigenvalue weighted by molar-refractivity contribution is 0.0935. The lowest BCUT2D eigenvalue weighted by Gasteiger charge is -2.07. The van der Waals surface area contributed by atoms with Crippen molar-refractivity contribution in [3.05, 3.63) is 11.9 Å². The van der Waals surface area contributed by atoms with Gasteiger partial charge >= 0.3 is 0 Å². The van der Waals surface area contributed by atoms with Crippen LogP contribution in [0.2, 0.25) is 0 Å². The van der Waals surface area contributed by atoms with Crippen molar-refractivity contribution < 1.29 is 4.74 Å². The monoisotopic (exact) mass is 196 g/mol. The first-order chi connectivity index (χ1) is 6.88. The number of aromatic nitrogens is 3. The molecule has 2 N–H and O–H groups in total. The molecule has 1 fully saturated rings. The van der Waals surface area contributed by atoms with E-state index in [0.717, 1.165) is 38.1 Å². The van der Waals surface area contributed by atoms with Crippen LogP contribution in [0.15, 0.2) is 6.20 Å². The number of hydrogen-bond donors (Lipinski definition) is 1. The van der Waals surface area contributed by atoms with Gasteiger partial charge in [0.25, 0.3) is 0 Å². The van der Waals surface area contributed by atoms with E-state index in [1.165, 1.54) is 0 Å². The van der Waals surface area contributed by atoms with E-state index in [0.29, 0.717) is 12.6 Å². The number of rotatable bonds is 4. The van der Waals surface area contributed by atoms with E-state index in [2.05, 4.69) is 10.3 Å². The molecule has 0 spiro atoms. The first-order valence-corrected chi connectivity index (χ1v) is 5.09. The smallest absolute Gasteiger partial charge is 0.0839 e. The predicted octanol–water partition coefficient (Wildman–Crippen LogP) is -0.0417. The molecule has 14 heavy (non-hydrogen) atoms. The molecule has 1 unspecified atom stereocenters. The summed E-state index contributed by atoms with van der Waals surface area (Å²) in [5, 5.41) is 8.05. The van der Waals surface area contributed by atoms with Crippen LogP contribution in [0.25, 0.3) is 0 Å². The Bertz CT molecular complexity index is 280. The van der Waals surface area contributed by atoms with Crippen molar-refractivity contribution in [3.8, 4) is 0 Å². The second-order valence-corrected chi connectivity index (χ2v) is 3.61. The van der Waals surface area contributed by atoms with Crippen LogP contribution >= 0.6 is 0 Å². The zero-order valence-corrected chi connectivity index (χ0v) is 8.22. The summed E-state index contributed by atoms with van der Waals surface area (Å²) in [6, 6.07) is 0. The topological polar surface area (TPSA) is 66.0 Å². The Balaban J connectivity index is 1.88. The van der Waals surface area contributed by atoms with Gasteiger partial charge in [-0.2, -0.15) is 0 Å². The molecule has 0 bridgehead atoms. The van der Waals surface area contributed by atoms with Gasteiger partial charge in [-0.1, -0.05) is 5.21 Å². The average Bonchev–Trinajstić information content (AvgIpc) is 2.79. The molecule has 78 valence electrons. The van der Waals surface area contributed by atoms with Gasteiger partial charge in [-0.3, -0.25) is 0 Å². The van der Waals surface area contributed by atoms with Crippen LogP contribution in [0.1, 0.15) is 18.5 Å². The van der Waals surface area contributed by atoms with Crippen LogP contribution in [0.3, 0.4) is 0 Å². The van der Waals surface area contributed by atoms with E-state index in [9.17, 15) is 0 Å². The first kappa shape index (κ1) is 9.61. The van der Waals surface area contributed by atoms with Crippen molar-refractivity contribution in [2.45, 2.75) is 31.9 Å². The lowest BCUT2D eigenvalue weighted by atomic mass is 10.2. The standard InChI is InChI=1S/C9H16N4O/c10-4-3-8-6-13(12-11-8)7-9-2-1-5-14-9/h6,9H,1-5,7,10H2. The van der Waals surface area contributed by atoms with Gasteiger partial charge in [-0.15, -0.1) is 5.10 Å². The molecule has 1 aromatic rings. The third-order valence-corrected chi connectivity index (χ3v) is 2.40. The molecule has 1 aliphatic rings. The maximum Gasteiger partial charge on any atom is 0.0839 e. The molecular formula is C9H16N4O. The van der Waals surface area contributed by atoms with E-state index in [1.54, 1.807) is 0 Å². The summed E-state index contributed by atoms with van der Waals surface area (Å²) in [4.78, 5) is 0. The second kappa shape index (κ2) is 4.52. The Morgan fingerprint density at radius 1 is 1.64 bits per heavy atom. The highest BCUT2D eigenvalue weighted by Crippen LogP contribution is 2.13. The van der Waals surface area contributed by atoms with Gasteiger partial charge < -0.3 is 10.5 Å². The van der Waals surface area contributed by atoms with Gasteiger partial charge in [0.05, 0.1) is 18.3 Å². The zero-order valence-electron chi connectivity index (χ0n) is 8.22. The number of hydrogen-bond acceptors (Lipinski definition) is 4. The Morgan fingerprint density at radius 3 is 3.29 bits per heavy atom. The van der Waals surface area contributed by atoms with Crippen LogP contribution in [0.4, 0.5) is 0 Å². The highest BCUT2D eigenvalue weighted by atomic mass is 16.5. The minimum absolute atomic E-state index is 0.322.